The Morgan fingerprint density at radius 1 is 1.11 bits per heavy atom. The smallest absolute Gasteiger partial charge is 0.326 e. The zero-order valence-corrected chi connectivity index (χ0v) is 20.5. The fourth-order valence-corrected chi connectivity index (χ4v) is 5.10. The molecule has 2 saturated heterocycles. The largest absolute Gasteiger partial charge is 0.497 e. The van der Waals surface area contributed by atoms with E-state index in [9.17, 15) is 9.59 Å². The number of methoxy groups -OCH3 is 2. The Morgan fingerprint density at radius 2 is 1.94 bits per heavy atom. The van der Waals surface area contributed by atoms with Crippen molar-refractivity contribution in [1.82, 2.24) is 25.0 Å². The van der Waals surface area contributed by atoms with Crippen molar-refractivity contribution in [3.63, 3.8) is 0 Å². The van der Waals surface area contributed by atoms with E-state index in [2.05, 4.69) is 15.2 Å². The Balaban J connectivity index is 1.42. The molecule has 0 saturated carbocycles. The monoisotopic (exact) mass is 490 g/mol. The van der Waals surface area contributed by atoms with E-state index in [4.69, 9.17) is 9.47 Å². The normalized spacial score (nSPS) is 17.2. The number of ether oxygens (including phenoxy) is 2. The van der Waals surface area contributed by atoms with Crippen LogP contribution in [-0.2, 0) is 16.1 Å². The maximum Gasteiger partial charge on any atom is 0.326 e. The van der Waals surface area contributed by atoms with Gasteiger partial charge in [0.25, 0.3) is 0 Å². The first-order chi connectivity index (χ1) is 17.5. The van der Waals surface area contributed by atoms with Gasteiger partial charge in [0.15, 0.2) is 0 Å². The minimum Gasteiger partial charge on any atom is -0.497 e. The number of rotatable bonds is 7. The molecule has 2 fully saturated rings. The van der Waals surface area contributed by atoms with Crippen molar-refractivity contribution < 1.29 is 19.1 Å². The zero-order chi connectivity index (χ0) is 25.1. The number of carbonyl (C=O) groups excluding carboxylic acids is 2. The van der Waals surface area contributed by atoms with Crippen LogP contribution in [-0.4, -0.2) is 82.9 Å². The zero-order valence-electron chi connectivity index (χ0n) is 20.5. The third-order valence-corrected chi connectivity index (χ3v) is 7.13. The minimum absolute atomic E-state index is 0.0237. The molecule has 0 atom stereocenters. The van der Waals surface area contributed by atoms with Crippen molar-refractivity contribution >= 4 is 17.8 Å². The van der Waals surface area contributed by atoms with Crippen LogP contribution < -0.4 is 9.64 Å². The first-order valence-corrected chi connectivity index (χ1v) is 12.0. The lowest BCUT2D eigenvalue weighted by Crippen LogP contribution is -2.55. The summed E-state index contributed by atoms with van der Waals surface area (Å²) in [6.07, 6.45) is 6.67. The highest BCUT2D eigenvalue weighted by molar-refractivity contribution is 5.94. The molecule has 5 rings (SSSR count). The van der Waals surface area contributed by atoms with Gasteiger partial charge in [-0.1, -0.05) is 12.1 Å². The van der Waals surface area contributed by atoms with Crippen molar-refractivity contribution in [2.75, 3.05) is 45.4 Å². The second kappa shape index (κ2) is 9.98. The average Bonchev–Trinajstić information content (AvgIpc) is 3.53. The van der Waals surface area contributed by atoms with E-state index >= 15 is 0 Å². The Bertz CT molecular complexity index is 1210. The molecule has 2 aromatic heterocycles. The number of aromatic nitrogens is 3. The Morgan fingerprint density at radius 3 is 2.61 bits per heavy atom. The highest BCUT2D eigenvalue weighted by Gasteiger charge is 2.51. The molecule has 188 valence electrons. The van der Waals surface area contributed by atoms with Crippen LogP contribution in [0.15, 0.2) is 55.0 Å². The van der Waals surface area contributed by atoms with Crippen LogP contribution in [0, 0.1) is 0 Å². The summed E-state index contributed by atoms with van der Waals surface area (Å²) < 4.78 is 10.4. The van der Waals surface area contributed by atoms with Crippen LogP contribution >= 0.6 is 0 Å². The Kier molecular flexibility index (Phi) is 6.60. The first-order valence-electron chi connectivity index (χ1n) is 12.0. The van der Waals surface area contributed by atoms with Crippen LogP contribution in [0.3, 0.4) is 0 Å². The number of H-pyrrole nitrogens is 1. The molecule has 36 heavy (non-hydrogen) atoms. The summed E-state index contributed by atoms with van der Waals surface area (Å²) in [4.78, 5) is 36.4. The third kappa shape index (κ3) is 4.51. The number of hydrogen-bond acceptors (Lipinski definition) is 6. The van der Waals surface area contributed by atoms with Crippen molar-refractivity contribution in [3.05, 3.63) is 60.6 Å². The predicted molar refractivity (Wildman–Crippen MR) is 134 cm³/mol. The average molecular weight is 491 g/mol. The van der Waals surface area contributed by atoms with Crippen LogP contribution in [0.25, 0.3) is 11.1 Å². The molecule has 2 aliphatic heterocycles. The van der Waals surface area contributed by atoms with Gasteiger partial charge in [0.2, 0.25) is 5.91 Å². The fraction of sp³-hybridized carbons (Fsp3) is 0.385. The number of urea groups is 1. The van der Waals surface area contributed by atoms with E-state index < -0.39 is 5.54 Å². The number of pyridine rings is 1. The predicted octanol–water partition coefficient (Wildman–Crippen LogP) is 2.93. The van der Waals surface area contributed by atoms with E-state index in [1.165, 1.54) is 7.11 Å². The maximum absolute atomic E-state index is 13.8. The van der Waals surface area contributed by atoms with E-state index in [0.29, 0.717) is 44.8 Å². The second-order valence-electron chi connectivity index (χ2n) is 9.24. The number of piperidine rings is 1. The third-order valence-electron chi connectivity index (χ3n) is 7.13. The van der Waals surface area contributed by atoms with Crippen LogP contribution in [0.2, 0.25) is 0 Å². The molecule has 0 bridgehead atoms. The van der Waals surface area contributed by atoms with Gasteiger partial charge in [-0.15, -0.1) is 0 Å². The number of anilines is 1. The molecule has 3 amide bonds. The van der Waals surface area contributed by atoms with E-state index in [1.54, 1.807) is 30.6 Å². The van der Waals surface area contributed by atoms with Crippen molar-refractivity contribution in [2.24, 2.45) is 0 Å². The standard InChI is InChI=1S/C26H30N6O4/c1-35-17-24(33)30-10-8-26(9-11-30)18-31(23-7-6-20(13-27-23)21-14-28-29-15-21)25(34)32(26)16-19-4-3-5-22(12-19)36-2/h3-7,12-15H,8-11,16-18H2,1-2H3,(H,28,29). The number of nitrogens with one attached hydrogen (secondary N) is 1. The molecule has 4 heterocycles. The number of benzene rings is 1. The number of likely N-dealkylation sites (tertiary alicyclic amines) is 1. The highest BCUT2D eigenvalue weighted by atomic mass is 16.5. The molecular formula is C26H30N6O4. The SMILES string of the molecule is COCC(=O)N1CCC2(CC1)CN(c1ccc(-c3cn[nH]c3)cn1)C(=O)N2Cc1cccc(OC)c1. The topological polar surface area (TPSA) is 104 Å². The minimum atomic E-state index is -0.408. The molecule has 10 heteroatoms. The molecular weight excluding hydrogens is 460 g/mol. The van der Waals surface area contributed by atoms with Gasteiger partial charge in [-0.2, -0.15) is 5.10 Å². The van der Waals surface area contributed by atoms with Gasteiger partial charge in [0.1, 0.15) is 18.2 Å². The van der Waals surface area contributed by atoms with Gasteiger partial charge in [0, 0.05) is 50.3 Å². The van der Waals surface area contributed by atoms with Gasteiger partial charge < -0.3 is 19.3 Å². The Labute approximate surface area is 209 Å². The molecule has 1 N–H and O–H groups in total. The molecule has 0 radical (unpaired) electrons. The molecule has 0 aliphatic carbocycles. The van der Waals surface area contributed by atoms with E-state index in [0.717, 1.165) is 22.4 Å². The number of amides is 3. The van der Waals surface area contributed by atoms with Crippen molar-refractivity contribution in [2.45, 2.75) is 24.9 Å². The highest BCUT2D eigenvalue weighted by Crippen LogP contribution is 2.39. The molecule has 1 spiro atoms. The lowest BCUT2D eigenvalue weighted by atomic mass is 9.86. The van der Waals surface area contributed by atoms with Crippen LogP contribution in [0.1, 0.15) is 18.4 Å². The quantitative estimate of drug-likeness (QED) is 0.546. The van der Waals surface area contributed by atoms with Crippen molar-refractivity contribution in [1.29, 1.82) is 0 Å². The summed E-state index contributed by atoms with van der Waals surface area (Å²) in [5.74, 6) is 1.34. The first kappa shape index (κ1) is 23.8. The van der Waals surface area contributed by atoms with E-state index in [-0.39, 0.29) is 18.5 Å². The molecule has 0 unspecified atom stereocenters. The molecule has 1 aromatic carbocycles. The summed E-state index contributed by atoms with van der Waals surface area (Å²) in [5, 5.41) is 6.80. The Hall–Kier alpha value is -3.92. The number of hydrogen-bond donors (Lipinski definition) is 1. The van der Waals surface area contributed by atoms with Crippen LogP contribution in [0.5, 0.6) is 5.75 Å². The lowest BCUT2D eigenvalue weighted by molar-refractivity contribution is -0.137. The number of aromatic amines is 1. The summed E-state index contributed by atoms with van der Waals surface area (Å²) in [5.41, 5.74) is 2.44. The van der Waals surface area contributed by atoms with Gasteiger partial charge in [-0.05, 0) is 42.7 Å². The van der Waals surface area contributed by atoms with Crippen molar-refractivity contribution in [3.8, 4) is 16.9 Å². The van der Waals surface area contributed by atoms with Gasteiger partial charge in [-0.25, -0.2) is 9.78 Å². The lowest BCUT2D eigenvalue weighted by Gasteiger charge is -2.43. The van der Waals surface area contributed by atoms with E-state index in [1.807, 2.05) is 46.2 Å². The number of carbonyl (C=O) groups is 2. The van der Waals surface area contributed by atoms with Gasteiger partial charge >= 0.3 is 6.03 Å². The summed E-state index contributed by atoms with van der Waals surface area (Å²) in [7, 11) is 3.16. The summed E-state index contributed by atoms with van der Waals surface area (Å²) >= 11 is 0. The molecule has 10 nitrogen and oxygen atoms in total. The maximum atomic E-state index is 13.8. The van der Waals surface area contributed by atoms with Gasteiger partial charge in [-0.3, -0.25) is 14.8 Å². The van der Waals surface area contributed by atoms with Gasteiger partial charge in [0.05, 0.1) is 25.4 Å². The number of nitrogens with zero attached hydrogens (tertiary/aromatic N) is 5. The van der Waals surface area contributed by atoms with Crippen LogP contribution in [0.4, 0.5) is 10.6 Å². The molecule has 2 aliphatic rings. The second-order valence-corrected chi connectivity index (χ2v) is 9.24. The summed E-state index contributed by atoms with van der Waals surface area (Å²) in [6.45, 7) is 2.18. The molecule has 3 aromatic rings. The summed E-state index contributed by atoms with van der Waals surface area (Å²) in [6, 6.07) is 11.5. The fourth-order valence-electron chi connectivity index (χ4n) is 5.10.